The van der Waals surface area contributed by atoms with Crippen LogP contribution in [0.4, 0.5) is 5.69 Å². The predicted octanol–water partition coefficient (Wildman–Crippen LogP) is 2.65. The van der Waals surface area contributed by atoms with Gasteiger partial charge in [0.25, 0.3) is 5.91 Å². The third-order valence-corrected chi connectivity index (χ3v) is 3.32. The third kappa shape index (κ3) is 3.74. The van der Waals surface area contributed by atoms with E-state index in [4.69, 9.17) is 4.74 Å². The topological polar surface area (TPSA) is 69.0 Å². The van der Waals surface area contributed by atoms with Crippen molar-refractivity contribution in [3.8, 4) is 5.75 Å². The van der Waals surface area contributed by atoms with E-state index < -0.39 is 0 Å². The van der Waals surface area contributed by atoms with Crippen LogP contribution in [0.2, 0.25) is 0 Å². The van der Waals surface area contributed by atoms with E-state index in [0.717, 1.165) is 11.3 Å². The lowest BCUT2D eigenvalue weighted by Crippen LogP contribution is -2.15. The summed E-state index contributed by atoms with van der Waals surface area (Å²) in [6, 6.07) is 12.7. The minimum Gasteiger partial charge on any atom is -0.489 e. The van der Waals surface area contributed by atoms with Crippen molar-refractivity contribution in [2.75, 3.05) is 5.32 Å². The molecule has 0 spiro atoms. The molecule has 0 aliphatic rings. The van der Waals surface area contributed by atoms with Crippen LogP contribution in [0, 0.1) is 0 Å². The van der Waals surface area contributed by atoms with Gasteiger partial charge >= 0.3 is 0 Å². The van der Waals surface area contributed by atoms with Gasteiger partial charge in [-0.2, -0.15) is 5.10 Å². The van der Waals surface area contributed by atoms with Gasteiger partial charge in [-0.05, 0) is 48.0 Å². The monoisotopic (exact) mass is 308 g/mol. The van der Waals surface area contributed by atoms with Crippen molar-refractivity contribution in [3.05, 3.63) is 72.3 Å². The molecule has 0 saturated carbocycles. The second-order valence-electron chi connectivity index (χ2n) is 4.96. The lowest BCUT2D eigenvalue weighted by Gasteiger charge is -2.08. The molecule has 1 amide bonds. The lowest BCUT2D eigenvalue weighted by molar-refractivity contribution is 0.101. The maximum atomic E-state index is 12.1. The molecule has 2 heterocycles. The van der Waals surface area contributed by atoms with Crippen LogP contribution >= 0.6 is 0 Å². The molecule has 0 radical (unpaired) electrons. The molecule has 3 aromatic rings. The molecule has 6 heteroatoms. The van der Waals surface area contributed by atoms with Crippen LogP contribution in [0.3, 0.4) is 0 Å². The van der Waals surface area contributed by atoms with Gasteiger partial charge in [-0.3, -0.25) is 14.5 Å². The number of hydrogen-bond acceptors (Lipinski definition) is 4. The highest BCUT2D eigenvalue weighted by Gasteiger charge is 2.09. The molecule has 23 heavy (non-hydrogen) atoms. The second kappa shape index (κ2) is 6.74. The number of amides is 1. The Morgan fingerprint density at radius 2 is 1.83 bits per heavy atom. The van der Waals surface area contributed by atoms with Gasteiger partial charge in [0.1, 0.15) is 18.1 Å². The van der Waals surface area contributed by atoms with Crippen molar-refractivity contribution in [1.29, 1.82) is 0 Å². The fourth-order valence-corrected chi connectivity index (χ4v) is 2.07. The molecule has 0 aliphatic carbocycles. The molecule has 1 N–H and O–H groups in total. The Bertz CT molecular complexity index is 782. The highest BCUT2D eigenvalue weighted by molar-refractivity contribution is 6.02. The minimum atomic E-state index is -0.199. The van der Waals surface area contributed by atoms with Gasteiger partial charge in [0.05, 0.1) is 0 Å². The molecular weight excluding hydrogens is 292 g/mol. The number of rotatable bonds is 5. The van der Waals surface area contributed by atoms with Gasteiger partial charge in [-0.1, -0.05) is 0 Å². The molecule has 0 aliphatic heterocycles. The smallest absolute Gasteiger partial charge is 0.273 e. The van der Waals surface area contributed by atoms with Crippen LogP contribution in [-0.2, 0) is 13.7 Å². The number of anilines is 1. The fourth-order valence-electron chi connectivity index (χ4n) is 2.07. The van der Waals surface area contributed by atoms with Crippen LogP contribution in [0.5, 0.6) is 5.75 Å². The lowest BCUT2D eigenvalue weighted by atomic mass is 10.2. The largest absolute Gasteiger partial charge is 0.489 e. The van der Waals surface area contributed by atoms with Crippen molar-refractivity contribution < 1.29 is 9.53 Å². The average Bonchev–Trinajstić information content (AvgIpc) is 3.01. The van der Waals surface area contributed by atoms with E-state index in [2.05, 4.69) is 15.4 Å². The van der Waals surface area contributed by atoms with Crippen LogP contribution in [0.15, 0.2) is 61.1 Å². The number of nitrogens with zero attached hydrogens (tertiary/aromatic N) is 3. The highest BCUT2D eigenvalue weighted by atomic mass is 16.5. The van der Waals surface area contributed by atoms with Gasteiger partial charge in [0.15, 0.2) is 0 Å². The SMILES string of the molecule is Cn1nccc1C(=O)Nc1ccc(OCc2ccncc2)cc1. The molecule has 6 nitrogen and oxygen atoms in total. The van der Waals surface area contributed by atoms with E-state index in [1.165, 1.54) is 4.68 Å². The highest BCUT2D eigenvalue weighted by Crippen LogP contribution is 2.17. The van der Waals surface area contributed by atoms with Crippen molar-refractivity contribution >= 4 is 11.6 Å². The maximum absolute atomic E-state index is 12.1. The number of pyridine rings is 1. The summed E-state index contributed by atoms with van der Waals surface area (Å²) >= 11 is 0. The number of aromatic nitrogens is 3. The number of benzene rings is 1. The summed E-state index contributed by atoms with van der Waals surface area (Å²) in [5.41, 5.74) is 2.25. The first kappa shape index (κ1) is 14.8. The van der Waals surface area contributed by atoms with E-state index in [0.29, 0.717) is 18.0 Å². The molecular formula is C17H16N4O2. The molecule has 116 valence electrons. The first-order valence-corrected chi connectivity index (χ1v) is 7.13. The fraction of sp³-hybridized carbons (Fsp3) is 0.118. The summed E-state index contributed by atoms with van der Waals surface area (Å²) in [6.45, 7) is 0.475. The van der Waals surface area contributed by atoms with E-state index in [9.17, 15) is 4.79 Å². The Hall–Kier alpha value is -3.15. The average molecular weight is 308 g/mol. The molecule has 0 fully saturated rings. The third-order valence-electron chi connectivity index (χ3n) is 3.32. The van der Waals surface area contributed by atoms with Crippen LogP contribution in [0.1, 0.15) is 16.1 Å². The standard InChI is InChI=1S/C17H16N4O2/c1-21-16(8-11-19-21)17(22)20-14-2-4-15(5-3-14)23-12-13-6-9-18-10-7-13/h2-11H,12H2,1H3,(H,20,22). The van der Waals surface area contributed by atoms with Crippen LogP contribution in [0.25, 0.3) is 0 Å². The molecule has 2 aromatic heterocycles. The quantitative estimate of drug-likeness (QED) is 0.786. The number of carbonyl (C=O) groups excluding carboxylic acids is 1. The predicted molar refractivity (Wildman–Crippen MR) is 86.2 cm³/mol. The van der Waals surface area contributed by atoms with Gasteiger partial charge < -0.3 is 10.1 Å². The van der Waals surface area contributed by atoms with Crippen LogP contribution in [-0.4, -0.2) is 20.7 Å². The Labute approximate surface area is 133 Å². The summed E-state index contributed by atoms with van der Waals surface area (Å²) < 4.78 is 7.22. The first-order chi connectivity index (χ1) is 11.2. The number of carbonyl (C=O) groups is 1. The number of nitrogens with one attached hydrogen (secondary N) is 1. The zero-order valence-electron chi connectivity index (χ0n) is 12.6. The number of aryl methyl sites for hydroxylation is 1. The van der Waals surface area contributed by atoms with E-state index >= 15 is 0 Å². The van der Waals surface area contributed by atoms with E-state index in [-0.39, 0.29) is 5.91 Å². The summed E-state index contributed by atoms with van der Waals surface area (Å²) in [4.78, 5) is 16.0. The Morgan fingerprint density at radius 1 is 1.09 bits per heavy atom. The first-order valence-electron chi connectivity index (χ1n) is 7.13. The Kier molecular flexibility index (Phi) is 4.33. The van der Waals surface area contributed by atoms with Crippen molar-refractivity contribution in [2.24, 2.45) is 7.05 Å². The van der Waals surface area contributed by atoms with Gasteiger partial charge in [-0.15, -0.1) is 0 Å². The minimum absolute atomic E-state index is 0.199. The van der Waals surface area contributed by atoms with Crippen molar-refractivity contribution in [2.45, 2.75) is 6.61 Å². The zero-order valence-corrected chi connectivity index (χ0v) is 12.6. The summed E-state index contributed by atoms with van der Waals surface area (Å²) in [7, 11) is 1.73. The second-order valence-corrected chi connectivity index (χ2v) is 4.96. The van der Waals surface area contributed by atoms with Gasteiger partial charge in [-0.25, -0.2) is 0 Å². The molecule has 0 saturated heterocycles. The Balaban J connectivity index is 1.59. The normalized spacial score (nSPS) is 10.3. The number of ether oxygens (including phenoxy) is 1. The Morgan fingerprint density at radius 3 is 2.48 bits per heavy atom. The molecule has 0 unspecified atom stereocenters. The van der Waals surface area contributed by atoms with Crippen molar-refractivity contribution in [1.82, 2.24) is 14.8 Å². The molecule has 1 aromatic carbocycles. The number of hydrogen-bond donors (Lipinski definition) is 1. The summed E-state index contributed by atoms with van der Waals surface area (Å²) in [5.74, 6) is 0.538. The zero-order chi connectivity index (χ0) is 16.1. The molecule has 0 bridgehead atoms. The summed E-state index contributed by atoms with van der Waals surface area (Å²) in [5, 5.41) is 6.80. The molecule has 3 rings (SSSR count). The summed E-state index contributed by atoms with van der Waals surface area (Å²) in [6.07, 6.45) is 5.05. The van der Waals surface area contributed by atoms with E-state index in [1.807, 2.05) is 24.3 Å². The van der Waals surface area contributed by atoms with Gasteiger partial charge in [0, 0.05) is 31.3 Å². The van der Waals surface area contributed by atoms with Crippen molar-refractivity contribution in [3.63, 3.8) is 0 Å². The van der Waals surface area contributed by atoms with Crippen LogP contribution < -0.4 is 10.1 Å². The van der Waals surface area contributed by atoms with Gasteiger partial charge in [0.2, 0.25) is 0 Å². The van der Waals surface area contributed by atoms with E-state index in [1.54, 1.807) is 43.8 Å². The molecule has 0 atom stereocenters. The maximum Gasteiger partial charge on any atom is 0.273 e.